The molecule has 0 amide bonds. The highest BCUT2D eigenvalue weighted by atomic mass is 35.5. The molecule has 0 spiro atoms. The smallest absolute Gasteiger partial charge is 0.344 e. The summed E-state index contributed by atoms with van der Waals surface area (Å²) >= 11 is 5.97. The van der Waals surface area contributed by atoms with Crippen LogP contribution >= 0.6 is 11.6 Å². The van der Waals surface area contributed by atoms with Crippen molar-refractivity contribution in [1.82, 2.24) is 15.1 Å². The van der Waals surface area contributed by atoms with Gasteiger partial charge in [-0.05, 0) is 48.5 Å². The van der Waals surface area contributed by atoms with Crippen LogP contribution in [-0.2, 0) is 4.74 Å². The predicted octanol–water partition coefficient (Wildman–Crippen LogP) is 4.97. The van der Waals surface area contributed by atoms with Gasteiger partial charge in [0, 0.05) is 16.1 Å². The number of aromatic nitrogens is 3. The number of hydrogen-bond acceptors (Lipinski definition) is 5. The summed E-state index contributed by atoms with van der Waals surface area (Å²) < 4.78 is 5.62. The third-order valence-electron chi connectivity index (χ3n) is 4.39. The van der Waals surface area contributed by atoms with Crippen LogP contribution in [0, 0.1) is 6.92 Å². The minimum absolute atomic E-state index is 0.125. The first-order valence-corrected chi connectivity index (χ1v) is 9.59. The number of halogens is 1. The minimum Gasteiger partial charge on any atom is -0.402 e. The summed E-state index contributed by atoms with van der Waals surface area (Å²) in [5.74, 6) is -0.381. The Morgan fingerprint density at radius 3 is 2.13 bits per heavy atom. The second-order valence-electron chi connectivity index (χ2n) is 6.45. The third kappa shape index (κ3) is 4.29. The number of esters is 1. The Bertz CT molecular complexity index is 1190. The van der Waals surface area contributed by atoms with Crippen LogP contribution < -0.4 is 0 Å². The van der Waals surface area contributed by atoms with E-state index in [-0.39, 0.29) is 5.90 Å². The summed E-state index contributed by atoms with van der Waals surface area (Å²) in [5, 5.41) is 13.4. The lowest BCUT2D eigenvalue weighted by Gasteiger charge is -2.08. The predicted molar refractivity (Wildman–Crippen MR) is 115 cm³/mol. The van der Waals surface area contributed by atoms with Crippen molar-refractivity contribution < 1.29 is 9.53 Å². The van der Waals surface area contributed by atoms with Gasteiger partial charge in [-0.25, -0.2) is 4.79 Å². The van der Waals surface area contributed by atoms with Crippen LogP contribution in [0.1, 0.15) is 21.6 Å². The maximum atomic E-state index is 12.6. The van der Waals surface area contributed by atoms with Crippen molar-refractivity contribution >= 4 is 23.5 Å². The van der Waals surface area contributed by atoms with Gasteiger partial charge in [0.1, 0.15) is 5.69 Å². The van der Waals surface area contributed by atoms with Crippen LogP contribution in [0.5, 0.6) is 0 Å². The van der Waals surface area contributed by atoms with Crippen LogP contribution in [-0.4, -0.2) is 27.0 Å². The molecule has 0 aliphatic heterocycles. The third-order valence-corrected chi connectivity index (χ3v) is 4.65. The molecule has 0 fully saturated rings. The van der Waals surface area contributed by atoms with Gasteiger partial charge >= 0.3 is 5.97 Å². The Balaban J connectivity index is 1.71. The molecule has 0 aliphatic carbocycles. The van der Waals surface area contributed by atoms with Crippen molar-refractivity contribution in [3.8, 4) is 11.3 Å². The second-order valence-corrected chi connectivity index (χ2v) is 6.88. The van der Waals surface area contributed by atoms with Crippen molar-refractivity contribution in [3.63, 3.8) is 0 Å². The molecule has 1 heterocycles. The van der Waals surface area contributed by atoms with Crippen molar-refractivity contribution in [1.29, 1.82) is 0 Å². The van der Waals surface area contributed by atoms with E-state index in [1.807, 2.05) is 55.5 Å². The Kier molecular flexibility index (Phi) is 5.68. The molecule has 0 atom stereocenters. The first kappa shape index (κ1) is 19.5. The summed E-state index contributed by atoms with van der Waals surface area (Å²) in [6.07, 6.45) is 0. The van der Waals surface area contributed by atoms with Gasteiger partial charge in [0.25, 0.3) is 0 Å². The highest BCUT2D eigenvalue weighted by Crippen LogP contribution is 2.22. The number of carbonyl (C=O) groups is 1. The van der Waals surface area contributed by atoms with E-state index >= 15 is 0 Å². The number of benzene rings is 3. The molecule has 3 aromatic carbocycles. The van der Waals surface area contributed by atoms with E-state index in [0.29, 0.717) is 27.5 Å². The van der Waals surface area contributed by atoms with Gasteiger partial charge in [-0.1, -0.05) is 60.1 Å². The lowest BCUT2D eigenvalue weighted by molar-refractivity contribution is 0.0716. The molecule has 7 heteroatoms. The molecule has 148 valence electrons. The Morgan fingerprint density at radius 1 is 0.900 bits per heavy atom. The maximum Gasteiger partial charge on any atom is 0.344 e. The summed E-state index contributed by atoms with van der Waals surface area (Å²) in [6.45, 7) is 1.84. The first-order valence-electron chi connectivity index (χ1n) is 9.21. The molecule has 0 radical (unpaired) electrons. The summed E-state index contributed by atoms with van der Waals surface area (Å²) in [4.78, 5) is 14.0. The van der Waals surface area contributed by atoms with Gasteiger partial charge in [0.2, 0.25) is 5.90 Å². The monoisotopic (exact) mass is 416 g/mol. The van der Waals surface area contributed by atoms with Crippen molar-refractivity contribution in [2.45, 2.75) is 6.92 Å². The van der Waals surface area contributed by atoms with E-state index in [1.54, 1.807) is 36.4 Å². The molecule has 0 aliphatic rings. The lowest BCUT2D eigenvalue weighted by atomic mass is 10.1. The number of rotatable bonds is 4. The molecular weight excluding hydrogens is 400 g/mol. The highest BCUT2D eigenvalue weighted by molar-refractivity contribution is 6.30. The zero-order valence-electron chi connectivity index (χ0n) is 16.1. The number of hydrogen-bond donors (Lipinski definition) is 0. The van der Waals surface area contributed by atoms with Gasteiger partial charge in [0.15, 0.2) is 0 Å². The number of ether oxygens (including phenoxy) is 1. The fourth-order valence-corrected chi connectivity index (χ4v) is 2.94. The van der Waals surface area contributed by atoms with E-state index in [0.717, 1.165) is 5.56 Å². The van der Waals surface area contributed by atoms with Crippen molar-refractivity contribution in [2.24, 2.45) is 5.10 Å². The molecule has 0 saturated heterocycles. The van der Waals surface area contributed by atoms with E-state index < -0.39 is 5.97 Å². The van der Waals surface area contributed by atoms with E-state index in [4.69, 9.17) is 16.3 Å². The van der Waals surface area contributed by atoms with Crippen LogP contribution in [0.25, 0.3) is 11.3 Å². The maximum absolute atomic E-state index is 12.6. The SMILES string of the molecule is Cc1c(-c2ccc(Cl)cc2)nnn1/N=C(/OC(=O)c1ccccc1)c1ccccc1. The fourth-order valence-electron chi connectivity index (χ4n) is 2.82. The summed E-state index contributed by atoms with van der Waals surface area (Å²) in [7, 11) is 0. The zero-order valence-corrected chi connectivity index (χ0v) is 16.8. The van der Waals surface area contributed by atoms with Crippen molar-refractivity contribution in [2.75, 3.05) is 0 Å². The molecule has 0 bridgehead atoms. The highest BCUT2D eigenvalue weighted by Gasteiger charge is 2.16. The van der Waals surface area contributed by atoms with Crippen LogP contribution in [0.4, 0.5) is 0 Å². The average molecular weight is 417 g/mol. The van der Waals surface area contributed by atoms with E-state index in [1.165, 1.54) is 4.79 Å². The lowest BCUT2D eigenvalue weighted by Crippen LogP contribution is -2.16. The molecule has 6 nitrogen and oxygen atoms in total. The summed E-state index contributed by atoms with van der Waals surface area (Å²) in [6, 6.07) is 25.2. The first-order chi connectivity index (χ1) is 14.6. The minimum atomic E-state index is -0.506. The van der Waals surface area contributed by atoms with Gasteiger partial charge in [-0.2, -0.15) is 0 Å². The zero-order chi connectivity index (χ0) is 20.9. The molecular formula is C23H17ClN4O2. The molecule has 0 saturated carbocycles. The van der Waals surface area contributed by atoms with E-state index in [9.17, 15) is 4.79 Å². The molecule has 0 N–H and O–H groups in total. The van der Waals surface area contributed by atoms with Crippen molar-refractivity contribution in [3.05, 3.63) is 107 Å². The van der Waals surface area contributed by atoms with Gasteiger partial charge in [-0.15, -0.1) is 15.0 Å². The van der Waals surface area contributed by atoms with E-state index in [2.05, 4.69) is 15.4 Å². The quantitative estimate of drug-likeness (QED) is 0.267. The molecule has 1 aromatic heterocycles. The molecule has 4 rings (SSSR count). The van der Waals surface area contributed by atoms with Gasteiger partial charge in [0.05, 0.1) is 11.3 Å². The average Bonchev–Trinajstić information content (AvgIpc) is 3.15. The topological polar surface area (TPSA) is 69.4 Å². The van der Waals surface area contributed by atoms with Crippen LogP contribution in [0.3, 0.4) is 0 Å². The Morgan fingerprint density at radius 2 is 1.50 bits per heavy atom. The van der Waals surface area contributed by atoms with Crippen LogP contribution in [0.15, 0.2) is 90.0 Å². The number of carbonyl (C=O) groups excluding carboxylic acids is 1. The number of nitrogens with zero attached hydrogens (tertiary/aromatic N) is 4. The van der Waals surface area contributed by atoms with Gasteiger partial charge in [-0.3, -0.25) is 0 Å². The molecule has 30 heavy (non-hydrogen) atoms. The largest absolute Gasteiger partial charge is 0.402 e. The molecule has 0 unspecified atom stereocenters. The summed E-state index contributed by atoms with van der Waals surface area (Å²) in [5.41, 5.74) is 3.29. The Hall–Kier alpha value is -3.77. The van der Waals surface area contributed by atoms with Gasteiger partial charge < -0.3 is 4.74 Å². The normalized spacial score (nSPS) is 11.3. The Labute approximate surface area is 178 Å². The standard InChI is InChI=1S/C23H17ClN4O2/c1-16-21(17-12-14-20(24)15-13-17)25-27-28(16)26-22(18-8-4-2-5-9-18)30-23(29)19-10-6-3-7-11-19/h2-15H,1H3/b26-22+. The fraction of sp³-hybridized carbons (Fsp3) is 0.0435. The second kappa shape index (κ2) is 8.71. The molecule has 4 aromatic rings. The van der Waals surface area contributed by atoms with Crippen LogP contribution in [0.2, 0.25) is 5.02 Å².